The van der Waals surface area contributed by atoms with E-state index in [-0.39, 0.29) is 0 Å². The second-order valence-corrected chi connectivity index (χ2v) is 6.47. The van der Waals surface area contributed by atoms with Crippen molar-refractivity contribution in [1.29, 1.82) is 0 Å². The molecule has 0 atom stereocenters. The number of para-hydroxylation sites is 1. The molecule has 0 spiro atoms. The molecular weight excluding hydrogens is 344 g/mol. The molecule has 2 N–H and O–H groups in total. The van der Waals surface area contributed by atoms with Gasteiger partial charge >= 0.3 is 0 Å². The Bertz CT molecular complexity index is 1040. The van der Waals surface area contributed by atoms with Crippen molar-refractivity contribution in [2.24, 2.45) is 0 Å². The van der Waals surface area contributed by atoms with Gasteiger partial charge in [-0.25, -0.2) is 4.98 Å². The lowest BCUT2D eigenvalue weighted by atomic mass is 10.2. The molecule has 0 saturated heterocycles. The lowest BCUT2D eigenvalue weighted by Gasteiger charge is -2.12. The SMILES string of the molecule is Cc1ccc(Nc2nc(Nc3ccc(Cl)cc3)nc3ccccc23)cc1. The fourth-order valence-corrected chi connectivity index (χ4v) is 2.79. The first-order chi connectivity index (χ1) is 12.7. The number of halogens is 1. The molecule has 0 unspecified atom stereocenters. The first kappa shape index (κ1) is 16.4. The van der Waals surface area contributed by atoms with E-state index in [1.807, 2.05) is 60.7 Å². The number of aryl methyl sites for hydroxylation is 1. The minimum atomic E-state index is 0.528. The molecule has 0 aliphatic carbocycles. The number of fused-ring (bicyclic) bond motifs is 1. The van der Waals surface area contributed by atoms with Gasteiger partial charge < -0.3 is 10.6 Å². The smallest absolute Gasteiger partial charge is 0.229 e. The molecule has 0 aliphatic rings. The van der Waals surface area contributed by atoms with Crippen molar-refractivity contribution in [2.75, 3.05) is 10.6 Å². The molecule has 0 bridgehead atoms. The summed E-state index contributed by atoms with van der Waals surface area (Å²) in [5, 5.41) is 8.29. The van der Waals surface area contributed by atoms with E-state index in [0.29, 0.717) is 11.0 Å². The van der Waals surface area contributed by atoms with Crippen LogP contribution in [0.25, 0.3) is 10.9 Å². The molecule has 26 heavy (non-hydrogen) atoms. The van der Waals surface area contributed by atoms with Crippen LogP contribution in [0.4, 0.5) is 23.1 Å². The topological polar surface area (TPSA) is 49.8 Å². The molecule has 128 valence electrons. The van der Waals surface area contributed by atoms with Gasteiger partial charge in [0, 0.05) is 21.8 Å². The maximum atomic E-state index is 5.95. The highest BCUT2D eigenvalue weighted by atomic mass is 35.5. The summed E-state index contributed by atoms with van der Waals surface area (Å²) >= 11 is 5.95. The summed E-state index contributed by atoms with van der Waals surface area (Å²) in [4.78, 5) is 9.28. The average Bonchev–Trinajstić information content (AvgIpc) is 2.65. The van der Waals surface area contributed by atoms with E-state index in [0.717, 1.165) is 28.1 Å². The summed E-state index contributed by atoms with van der Waals surface area (Å²) in [6.45, 7) is 2.07. The van der Waals surface area contributed by atoms with E-state index in [9.17, 15) is 0 Å². The predicted octanol–water partition coefficient (Wildman–Crippen LogP) is 6.08. The van der Waals surface area contributed by atoms with Crippen LogP contribution in [0.5, 0.6) is 0 Å². The molecule has 0 fully saturated rings. The first-order valence-corrected chi connectivity index (χ1v) is 8.68. The molecule has 0 amide bonds. The molecule has 3 aromatic carbocycles. The van der Waals surface area contributed by atoms with Gasteiger partial charge in [-0.15, -0.1) is 0 Å². The summed E-state index contributed by atoms with van der Waals surface area (Å²) in [5.41, 5.74) is 3.95. The quantitative estimate of drug-likeness (QED) is 0.463. The highest BCUT2D eigenvalue weighted by Crippen LogP contribution is 2.26. The lowest BCUT2D eigenvalue weighted by Crippen LogP contribution is -2.02. The number of nitrogens with zero attached hydrogens (tertiary/aromatic N) is 2. The van der Waals surface area contributed by atoms with E-state index in [1.165, 1.54) is 5.56 Å². The second-order valence-electron chi connectivity index (χ2n) is 6.04. The van der Waals surface area contributed by atoms with Gasteiger partial charge in [0.15, 0.2) is 0 Å². The molecule has 1 heterocycles. The summed E-state index contributed by atoms with van der Waals surface area (Å²) in [7, 11) is 0. The number of aromatic nitrogens is 2. The van der Waals surface area contributed by atoms with Crippen molar-refractivity contribution in [3.63, 3.8) is 0 Å². The van der Waals surface area contributed by atoms with E-state index in [1.54, 1.807) is 0 Å². The van der Waals surface area contributed by atoms with E-state index >= 15 is 0 Å². The first-order valence-electron chi connectivity index (χ1n) is 8.30. The number of benzene rings is 3. The van der Waals surface area contributed by atoms with Crippen LogP contribution in [-0.4, -0.2) is 9.97 Å². The van der Waals surface area contributed by atoms with Crippen LogP contribution in [0.15, 0.2) is 72.8 Å². The molecular formula is C21H17ClN4. The lowest BCUT2D eigenvalue weighted by molar-refractivity contribution is 1.21. The number of anilines is 4. The van der Waals surface area contributed by atoms with E-state index in [4.69, 9.17) is 11.6 Å². The zero-order valence-electron chi connectivity index (χ0n) is 14.2. The van der Waals surface area contributed by atoms with Gasteiger partial charge in [0.1, 0.15) is 5.82 Å². The summed E-state index contributed by atoms with van der Waals surface area (Å²) < 4.78 is 0. The Hall–Kier alpha value is -3.11. The summed E-state index contributed by atoms with van der Waals surface area (Å²) in [6, 6.07) is 23.6. The van der Waals surface area contributed by atoms with Crippen LogP contribution < -0.4 is 10.6 Å². The molecule has 5 heteroatoms. The standard InChI is InChI=1S/C21H17ClN4/c1-14-6-10-16(11-7-14)23-20-18-4-2-3-5-19(18)25-21(26-20)24-17-12-8-15(22)9-13-17/h2-13H,1H3,(H2,23,24,25,26). The van der Waals surface area contributed by atoms with Crippen LogP contribution in [0.2, 0.25) is 5.02 Å². The van der Waals surface area contributed by atoms with Crippen LogP contribution in [0.1, 0.15) is 5.56 Å². The number of rotatable bonds is 4. The van der Waals surface area contributed by atoms with Crippen LogP contribution in [-0.2, 0) is 0 Å². The zero-order valence-corrected chi connectivity index (χ0v) is 15.0. The van der Waals surface area contributed by atoms with E-state index < -0.39 is 0 Å². The monoisotopic (exact) mass is 360 g/mol. The van der Waals surface area contributed by atoms with Crippen molar-refractivity contribution in [3.8, 4) is 0 Å². The minimum absolute atomic E-state index is 0.528. The van der Waals surface area contributed by atoms with Crippen LogP contribution in [0.3, 0.4) is 0 Å². The van der Waals surface area contributed by atoms with Crippen LogP contribution in [0, 0.1) is 6.92 Å². The third kappa shape index (κ3) is 3.60. The Balaban J connectivity index is 1.72. The van der Waals surface area contributed by atoms with E-state index in [2.05, 4.69) is 39.7 Å². The van der Waals surface area contributed by atoms with Gasteiger partial charge in [-0.2, -0.15) is 4.98 Å². The fraction of sp³-hybridized carbons (Fsp3) is 0.0476. The molecule has 0 radical (unpaired) electrons. The van der Waals surface area contributed by atoms with Gasteiger partial charge in [0.05, 0.1) is 5.52 Å². The summed E-state index contributed by atoms with van der Waals surface area (Å²) in [6.07, 6.45) is 0. The Kier molecular flexibility index (Phi) is 4.42. The van der Waals surface area contributed by atoms with Crippen molar-refractivity contribution in [2.45, 2.75) is 6.92 Å². The van der Waals surface area contributed by atoms with Gasteiger partial charge in [-0.05, 0) is 55.5 Å². The van der Waals surface area contributed by atoms with Gasteiger partial charge in [0.25, 0.3) is 0 Å². The van der Waals surface area contributed by atoms with Gasteiger partial charge in [-0.3, -0.25) is 0 Å². The highest BCUT2D eigenvalue weighted by Gasteiger charge is 2.08. The highest BCUT2D eigenvalue weighted by molar-refractivity contribution is 6.30. The average molecular weight is 361 g/mol. The maximum absolute atomic E-state index is 5.95. The van der Waals surface area contributed by atoms with Crippen molar-refractivity contribution >= 4 is 45.6 Å². The largest absolute Gasteiger partial charge is 0.340 e. The Morgan fingerprint density at radius 1 is 0.731 bits per heavy atom. The zero-order chi connectivity index (χ0) is 17.9. The minimum Gasteiger partial charge on any atom is -0.340 e. The van der Waals surface area contributed by atoms with Gasteiger partial charge in [-0.1, -0.05) is 41.4 Å². The summed E-state index contributed by atoms with van der Waals surface area (Å²) in [5.74, 6) is 1.29. The number of nitrogens with one attached hydrogen (secondary N) is 2. The molecule has 1 aromatic heterocycles. The predicted molar refractivity (Wildman–Crippen MR) is 109 cm³/mol. The second kappa shape index (κ2) is 7.02. The third-order valence-corrected chi connectivity index (χ3v) is 4.27. The van der Waals surface area contributed by atoms with Crippen molar-refractivity contribution in [3.05, 3.63) is 83.4 Å². The normalized spacial score (nSPS) is 10.7. The molecule has 4 rings (SSSR count). The number of hydrogen-bond acceptors (Lipinski definition) is 4. The van der Waals surface area contributed by atoms with Gasteiger partial charge in [0.2, 0.25) is 5.95 Å². The van der Waals surface area contributed by atoms with Crippen molar-refractivity contribution < 1.29 is 0 Å². The maximum Gasteiger partial charge on any atom is 0.229 e. The molecule has 4 aromatic rings. The Morgan fingerprint density at radius 2 is 1.38 bits per heavy atom. The fourth-order valence-electron chi connectivity index (χ4n) is 2.66. The molecule has 4 nitrogen and oxygen atoms in total. The third-order valence-electron chi connectivity index (χ3n) is 4.02. The van der Waals surface area contributed by atoms with Crippen LogP contribution >= 0.6 is 11.6 Å². The molecule has 0 saturated carbocycles. The van der Waals surface area contributed by atoms with Crippen molar-refractivity contribution in [1.82, 2.24) is 9.97 Å². The Morgan fingerprint density at radius 3 is 2.15 bits per heavy atom. The molecule has 0 aliphatic heterocycles. The number of hydrogen-bond donors (Lipinski definition) is 2. The Labute approximate surface area is 156 Å².